The van der Waals surface area contributed by atoms with Gasteiger partial charge in [-0.25, -0.2) is 9.67 Å². The molecule has 0 aliphatic rings. The third-order valence-electron chi connectivity index (χ3n) is 3.27. The minimum Gasteiger partial charge on any atom is -0.507 e. The number of aromatic nitrogens is 3. The quantitative estimate of drug-likeness (QED) is 0.778. The molecule has 0 amide bonds. The summed E-state index contributed by atoms with van der Waals surface area (Å²) >= 11 is 0. The van der Waals surface area contributed by atoms with E-state index in [1.807, 2.05) is 12.1 Å². The Kier molecular flexibility index (Phi) is 3.62. The van der Waals surface area contributed by atoms with E-state index in [4.69, 9.17) is 0 Å². The molecule has 5 heteroatoms. The molecule has 0 unspecified atom stereocenters. The van der Waals surface area contributed by atoms with Crippen LogP contribution in [0, 0.1) is 0 Å². The molecule has 22 heavy (non-hydrogen) atoms. The monoisotopic (exact) mass is 293 g/mol. The van der Waals surface area contributed by atoms with Gasteiger partial charge < -0.3 is 10.2 Å². The summed E-state index contributed by atoms with van der Waals surface area (Å²) in [6.07, 6.45) is 3.47. The highest BCUT2D eigenvalue weighted by Gasteiger charge is 2.11. The summed E-state index contributed by atoms with van der Waals surface area (Å²) in [5.41, 5.74) is 1.32. The van der Waals surface area contributed by atoms with Crippen molar-refractivity contribution in [3.63, 3.8) is 0 Å². The second-order valence-corrected chi connectivity index (χ2v) is 4.83. The first-order valence-corrected chi connectivity index (χ1v) is 6.80. The molecule has 0 bridgehead atoms. The van der Waals surface area contributed by atoms with Crippen LogP contribution in [0.1, 0.15) is 11.4 Å². The minimum atomic E-state index is 0.161. The number of para-hydroxylation sites is 2. The molecule has 5 nitrogen and oxygen atoms in total. The average molecular weight is 293 g/mol. The maximum atomic E-state index is 9.91. The van der Waals surface area contributed by atoms with E-state index in [1.54, 1.807) is 60.3 Å². The SMILES string of the molecule is Cn1nc(/C=C/c2ccccc2O)nc1-c1ccccc1O. The van der Waals surface area contributed by atoms with E-state index in [-0.39, 0.29) is 11.5 Å². The van der Waals surface area contributed by atoms with Crippen LogP contribution < -0.4 is 0 Å². The van der Waals surface area contributed by atoms with Gasteiger partial charge in [0.25, 0.3) is 0 Å². The number of nitrogens with zero attached hydrogens (tertiary/aromatic N) is 3. The zero-order chi connectivity index (χ0) is 15.5. The van der Waals surface area contributed by atoms with Gasteiger partial charge in [-0.1, -0.05) is 30.3 Å². The van der Waals surface area contributed by atoms with Crippen LogP contribution in [0.2, 0.25) is 0 Å². The van der Waals surface area contributed by atoms with Gasteiger partial charge in [0.15, 0.2) is 11.6 Å². The Labute approximate surface area is 127 Å². The highest BCUT2D eigenvalue weighted by molar-refractivity contribution is 5.71. The van der Waals surface area contributed by atoms with Crippen LogP contribution in [-0.4, -0.2) is 25.0 Å². The van der Waals surface area contributed by atoms with Gasteiger partial charge in [0, 0.05) is 12.6 Å². The van der Waals surface area contributed by atoms with Crippen LogP contribution in [0.15, 0.2) is 48.5 Å². The molecule has 1 heterocycles. The fourth-order valence-electron chi connectivity index (χ4n) is 2.16. The van der Waals surface area contributed by atoms with E-state index in [9.17, 15) is 10.2 Å². The van der Waals surface area contributed by atoms with Gasteiger partial charge in [-0.2, -0.15) is 5.10 Å². The fourth-order valence-corrected chi connectivity index (χ4v) is 2.16. The second kappa shape index (κ2) is 5.73. The van der Waals surface area contributed by atoms with Crippen LogP contribution in [0.5, 0.6) is 11.5 Å². The Morgan fingerprint density at radius 2 is 1.59 bits per heavy atom. The molecule has 0 atom stereocenters. The van der Waals surface area contributed by atoms with Crippen molar-refractivity contribution >= 4 is 12.2 Å². The molecule has 2 aromatic carbocycles. The fraction of sp³-hybridized carbons (Fsp3) is 0.0588. The van der Waals surface area contributed by atoms with E-state index in [0.29, 0.717) is 22.8 Å². The largest absolute Gasteiger partial charge is 0.507 e. The molecular formula is C17H15N3O2. The van der Waals surface area contributed by atoms with E-state index >= 15 is 0 Å². The number of phenols is 2. The van der Waals surface area contributed by atoms with Crippen molar-refractivity contribution in [1.82, 2.24) is 14.8 Å². The molecule has 110 valence electrons. The standard InChI is InChI=1S/C17H15N3O2/c1-20-17(13-7-3-5-9-15(13)22)18-16(19-20)11-10-12-6-2-4-8-14(12)21/h2-11,21-22H,1H3/b11-10+. The first-order valence-electron chi connectivity index (χ1n) is 6.80. The van der Waals surface area contributed by atoms with Crippen molar-refractivity contribution in [2.24, 2.45) is 7.05 Å². The van der Waals surface area contributed by atoms with Gasteiger partial charge in [0.05, 0.1) is 5.56 Å². The number of benzene rings is 2. The summed E-state index contributed by atoms with van der Waals surface area (Å²) in [6.45, 7) is 0. The van der Waals surface area contributed by atoms with E-state index in [0.717, 1.165) is 0 Å². The first kappa shape index (κ1) is 13.9. The predicted molar refractivity (Wildman–Crippen MR) is 85.1 cm³/mol. The molecule has 0 saturated carbocycles. The molecule has 3 rings (SSSR count). The zero-order valence-corrected chi connectivity index (χ0v) is 12.0. The molecule has 0 saturated heterocycles. The Balaban J connectivity index is 1.93. The molecule has 1 aromatic heterocycles. The van der Waals surface area contributed by atoms with Crippen LogP contribution in [0.3, 0.4) is 0 Å². The van der Waals surface area contributed by atoms with Crippen LogP contribution >= 0.6 is 0 Å². The summed E-state index contributed by atoms with van der Waals surface area (Å²) in [4.78, 5) is 4.41. The number of aryl methyl sites for hydroxylation is 1. The summed E-state index contributed by atoms with van der Waals surface area (Å²) in [5.74, 6) is 1.45. The predicted octanol–water partition coefficient (Wildman–Crippen LogP) is 3.06. The smallest absolute Gasteiger partial charge is 0.174 e. The molecule has 0 spiro atoms. The van der Waals surface area contributed by atoms with Gasteiger partial charge in [-0.15, -0.1) is 0 Å². The number of phenolic OH excluding ortho intramolecular Hbond substituents is 2. The lowest BCUT2D eigenvalue weighted by Gasteiger charge is -2.01. The van der Waals surface area contributed by atoms with Crippen molar-refractivity contribution in [2.45, 2.75) is 0 Å². The molecule has 0 fully saturated rings. The minimum absolute atomic E-state index is 0.161. The van der Waals surface area contributed by atoms with Gasteiger partial charge in [-0.3, -0.25) is 0 Å². The number of hydrogen-bond donors (Lipinski definition) is 2. The molecule has 0 radical (unpaired) electrons. The zero-order valence-electron chi connectivity index (χ0n) is 12.0. The summed E-state index contributed by atoms with van der Waals surface area (Å²) in [6, 6.07) is 14.0. The Bertz CT molecular complexity index is 837. The lowest BCUT2D eigenvalue weighted by atomic mass is 10.2. The maximum Gasteiger partial charge on any atom is 0.174 e. The van der Waals surface area contributed by atoms with E-state index < -0.39 is 0 Å². The van der Waals surface area contributed by atoms with E-state index in [1.165, 1.54) is 0 Å². The number of aromatic hydroxyl groups is 2. The third kappa shape index (κ3) is 2.69. The van der Waals surface area contributed by atoms with Crippen molar-refractivity contribution in [3.05, 3.63) is 59.9 Å². The number of hydrogen-bond acceptors (Lipinski definition) is 4. The third-order valence-corrected chi connectivity index (χ3v) is 3.27. The number of rotatable bonds is 3. The Morgan fingerprint density at radius 1 is 0.909 bits per heavy atom. The summed E-state index contributed by atoms with van der Waals surface area (Å²) in [7, 11) is 1.77. The molecule has 3 aromatic rings. The van der Waals surface area contributed by atoms with Crippen molar-refractivity contribution < 1.29 is 10.2 Å². The lowest BCUT2D eigenvalue weighted by Crippen LogP contribution is -1.94. The highest BCUT2D eigenvalue weighted by atomic mass is 16.3. The van der Waals surface area contributed by atoms with Gasteiger partial charge in [0.2, 0.25) is 0 Å². The van der Waals surface area contributed by atoms with Crippen molar-refractivity contribution in [2.75, 3.05) is 0 Å². The van der Waals surface area contributed by atoms with Crippen LogP contribution in [-0.2, 0) is 7.05 Å². The molecule has 0 aliphatic carbocycles. The van der Waals surface area contributed by atoms with Crippen LogP contribution in [0.25, 0.3) is 23.5 Å². The Hall–Kier alpha value is -3.08. The first-order chi connectivity index (χ1) is 10.6. The average Bonchev–Trinajstić information content (AvgIpc) is 2.88. The topological polar surface area (TPSA) is 71.2 Å². The molecule has 0 aliphatic heterocycles. The molecule has 2 N–H and O–H groups in total. The summed E-state index contributed by atoms with van der Waals surface area (Å²) < 4.78 is 1.61. The molecular weight excluding hydrogens is 278 g/mol. The summed E-state index contributed by atoms with van der Waals surface area (Å²) in [5, 5.41) is 23.9. The lowest BCUT2D eigenvalue weighted by molar-refractivity contribution is 0.474. The normalized spacial score (nSPS) is 11.1. The van der Waals surface area contributed by atoms with Crippen molar-refractivity contribution in [3.8, 4) is 22.9 Å². The van der Waals surface area contributed by atoms with Gasteiger partial charge in [0.1, 0.15) is 11.5 Å². The second-order valence-electron chi connectivity index (χ2n) is 4.83. The van der Waals surface area contributed by atoms with Gasteiger partial charge >= 0.3 is 0 Å². The maximum absolute atomic E-state index is 9.91. The Morgan fingerprint density at radius 3 is 2.32 bits per heavy atom. The highest BCUT2D eigenvalue weighted by Crippen LogP contribution is 2.27. The van der Waals surface area contributed by atoms with Gasteiger partial charge in [-0.05, 0) is 30.4 Å². The van der Waals surface area contributed by atoms with E-state index in [2.05, 4.69) is 10.1 Å². The van der Waals surface area contributed by atoms with Crippen LogP contribution in [0.4, 0.5) is 0 Å². The van der Waals surface area contributed by atoms with Crippen molar-refractivity contribution in [1.29, 1.82) is 0 Å².